The standard InChI is InChI=1S/C19H17N3O4S/c20-27(24,25)16-7-6-13-8-9-22(12-15(13)10-16)19(23)17-11-18(26-21-17)14-4-2-1-3-5-14/h1-7,10-11H,8-9,12H2,(H2,20,24,25). The molecule has 0 saturated heterocycles. The summed E-state index contributed by atoms with van der Waals surface area (Å²) in [5.74, 6) is 0.264. The van der Waals surface area contributed by atoms with Gasteiger partial charge in [0.25, 0.3) is 5.91 Å². The van der Waals surface area contributed by atoms with Crippen LogP contribution in [0, 0.1) is 0 Å². The molecule has 2 N–H and O–H groups in total. The number of nitrogens with zero attached hydrogens (tertiary/aromatic N) is 2. The molecule has 27 heavy (non-hydrogen) atoms. The summed E-state index contributed by atoms with van der Waals surface area (Å²) in [7, 11) is -3.78. The summed E-state index contributed by atoms with van der Waals surface area (Å²) in [5, 5.41) is 9.10. The molecule has 0 saturated carbocycles. The summed E-state index contributed by atoms with van der Waals surface area (Å²) in [6.45, 7) is 0.819. The largest absolute Gasteiger partial charge is 0.355 e. The predicted octanol–water partition coefficient (Wildman–Crippen LogP) is 2.19. The van der Waals surface area contributed by atoms with Crippen molar-refractivity contribution in [1.82, 2.24) is 10.1 Å². The molecule has 1 aliphatic heterocycles. The number of hydrogen-bond acceptors (Lipinski definition) is 5. The number of hydrogen-bond donors (Lipinski definition) is 1. The van der Waals surface area contributed by atoms with Crippen LogP contribution in [0.5, 0.6) is 0 Å². The van der Waals surface area contributed by atoms with Gasteiger partial charge in [-0.05, 0) is 29.7 Å². The molecule has 2 heterocycles. The van der Waals surface area contributed by atoms with Gasteiger partial charge in [0, 0.05) is 24.7 Å². The number of primary sulfonamides is 1. The summed E-state index contributed by atoms with van der Waals surface area (Å²) in [4.78, 5) is 14.5. The summed E-state index contributed by atoms with van der Waals surface area (Å²) in [6, 6.07) is 15.8. The van der Waals surface area contributed by atoms with Gasteiger partial charge in [0.2, 0.25) is 10.0 Å². The van der Waals surface area contributed by atoms with Crippen molar-refractivity contribution in [3.8, 4) is 11.3 Å². The van der Waals surface area contributed by atoms with Crippen LogP contribution in [-0.2, 0) is 23.0 Å². The van der Waals surface area contributed by atoms with Crippen molar-refractivity contribution >= 4 is 15.9 Å². The van der Waals surface area contributed by atoms with Crippen molar-refractivity contribution in [2.45, 2.75) is 17.9 Å². The fourth-order valence-corrected chi connectivity index (χ4v) is 3.72. The van der Waals surface area contributed by atoms with Crippen LogP contribution in [0.3, 0.4) is 0 Å². The van der Waals surface area contributed by atoms with Crippen LogP contribution < -0.4 is 5.14 Å². The van der Waals surface area contributed by atoms with E-state index in [0.29, 0.717) is 25.3 Å². The van der Waals surface area contributed by atoms with Gasteiger partial charge in [0.05, 0.1) is 4.90 Å². The molecule has 0 spiro atoms. The number of benzene rings is 2. The zero-order valence-corrected chi connectivity index (χ0v) is 15.1. The Labute approximate surface area is 156 Å². The molecule has 1 amide bonds. The molecule has 7 nitrogen and oxygen atoms in total. The lowest BCUT2D eigenvalue weighted by molar-refractivity contribution is 0.0724. The SMILES string of the molecule is NS(=O)(=O)c1ccc2c(c1)CN(C(=O)c1cc(-c3ccccc3)on1)CC2. The van der Waals surface area contributed by atoms with Crippen LogP contribution in [0.1, 0.15) is 21.6 Å². The van der Waals surface area contributed by atoms with Crippen molar-refractivity contribution in [3.05, 3.63) is 71.4 Å². The highest BCUT2D eigenvalue weighted by molar-refractivity contribution is 7.89. The Morgan fingerprint density at radius 3 is 2.59 bits per heavy atom. The molecular weight excluding hydrogens is 366 g/mol. The molecule has 0 unspecified atom stereocenters. The Morgan fingerprint density at radius 1 is 1.07 bits per heavy atom. The first-order valence-corrected chi connectivity index (χ1v) is 9.92. The number of amides is 1. The fourth-order valence-electron chi connectivity index (χ4n) is 3.16. The van der Waals surface area contributed by atoms with Crippen LogP contribution in [0.25, 0.3) is 11.3 Å². The Morgan fingerprint density at radius 2 is 1.85 bits per heavy atom. The minimum Gasteiger partial charge on any atom is -0.355 e. The highest BCUT2D eigenvalue weighted by atomic mass is 32.2. The first kappa shape index (κ1) is 17.4. The first-order chi connectivity index (χ1) is 12.9. The van der Waals surface area contributed by atoms with Crippen LogP contribution in [-0.4, -0.2) is 30.9 Å². The molecule has 0 bridgehead atoms. The second kappa shape index (κ2) is 6.64. The number of rotatable bonds is 3. The molecule has 1 aliphatic rings. The van der Waals surface area contributed by atoms with E-state index < -0.39 is 10.0 Å². The second-order valence-corrected chi connectivity index (χ2v) is 7.96. The molecule has 8 heteroatoms. The van der Waals surface area contributed by atoms with E-state index in [-0.39, 0.29) is 16.5 Å². The summed E-state index contributed by atoms with van der Waals surface area (Å²) >= 11 is 0. The Balaban J connectivity index is 1.57. The van der Waals surface area contributed by atoms with Gasteiger partial charge in [-0.15, -0.1) is 0 Å². The molecule has 4 rings (SSSR count). The Hall–Kier alpha value is -2.97. The van der Waals surface area contributed by atoms with Gasteiger partial charge in [-0.1, -0.05) is 41.6 Å². The number of fused-ring (bicyclic) bond motifs is 1. The first-order valence-electron chi connectivity index (χ1n) is 8.38. The maximum absolute atomic E-state index is 12.8. The van der Waals surface area contributed by atoms with E-state index in [9.17, 15) is 13.2 Å². The summed E-state index contributed by atoms with van der Waals surface area (Å²) in [5.41, 5.74) is 2.84. The molecule has 3 aromatic rings. The number of nitrogens with two attached hydrogens (primary N) is 1. The monoisotopic (exact) mass is 383 g/mol. The second-order valence-electron chi connectivity index (χ2n) is 6.39. The molecule has 0 radical (unpaired) electrons. The normalized spacial score (nSPS) is 14.0. The Kier molecular flexibility index (Phi) is 4.29. The van der Waals surface area contributed by atoms with Crippen LogP contribution in [0.15, 0.2) is 64.0 Å². The van der Waals surface area contributed by atoms with Gasteiger partial charge in [0.15, 0.2) is 11.5 Å². The molecule has 0 atom stereocenters. The van der Waals surface area contributed by atoms with E-state index in [1.165, 1.54) is 12.1 Å². The number of carbonyl (C=O) groups is 1. The minimum absolute atomic E-state index is 0.0448. The van der Waals surface area contributed by atoms with Crippen LogP contribution in [0.2, 0.25) is 0 Å². The highest BCUT2D eigenvalue weighted by Crippen LogP contribution is 2.25. The zero-order valence-electron chi connectivity index (χ0n) is 14.3. The summed E-state index contributed by atoms with van der Waals surface area (Å²) < 4.78 is 28.4. The van der Waals surface area contributed by atoms with Gasteiger partial charge < -0.3 is 9.42 Å². The molecular formula is C19H17N3O4S. The number of sulfonamides is 1. The van der Waals surface area contributed by atoms with E-state index in [4.69, 9.17) is 9.66 Å². The minimum atomic E-state index is -3.78. The number of aromatic nitrogens is 1. The zero-order chi connectivity index (χ0) is 19.0. The quantitative estimate of drug-likeness (QED) is 0.746. The lowest BCUT2D eigenvalue weighted by atomic mass is 9.99. The topological polar surface area (TPSA) is 106 Å². The van der Waals surface area contributed by atoms with Gasteiger partial charge >= 0.3 is 0 Å². The van der Waals surface area contributed by atoms with Crippen molar-refractivity contribution in [2.75, 3.05) is 6.54 Å². The lowest BCUT2D eigenvalue weighted by Gasteiger charge is -2.28. The third-order valence-corrected chi connectivity index (χ3v) is 5.50. The van der Waals surface area contributed by atoms with E-state index in [1.807, 2.05) is 30.3 Å². The van der Waals surface area contributed by atoms with E-state index in [1.54, 1.807) is 17.0 Å². The molecule has 1 aromatic heterocycles. The van der Waals surface area contributed by atoms with Crippen molar-refractivity contribution in [1.29, 1.82) is 0 Å². The fraction of sp³-hybridized carbons (Fsp3) is 0.158. The van der Waals surface area contributed by atoms with E-state index in [0.717, 1.165) is 16.7 Å². The van der Waals surface area contributed by atoms with Crippen molar-refractivity contribution in [3.63, 3.8) is 0 Å². The smallest absolute Gasteiger partial charge is 0.276 e. The van der Waals surface area contributed by atoms with Gasteiger partial charge in [-0.3, -0.25) is 4.79 Å². The van der Waals surface area contributed by atoms with Crippen molar-refractivity contribution < 1.29 is 17.7 Å². The van der Waals surface area contributed by atoms with Gasteiger partial charge in [-0.2, -0.15) is 0 Å². The van der Waals surface area contributed by atoms with E-state index in [2.05, 4.69) is 5.16 Å². The average molecular weight is 383 g/mol. The third kappa shape index (κ3) is 3.49. The Bertz CT molecular complexity index is 1110. The van der Waals surface area contributed by atoms with Crippen molar-refractivity contribution in [2.24, 2.45) is 5.14 Å². The average Bonchev–Trinajstić information content (AvgIpc) is 3.17. The summed E-state index contributed by atoms with van der Waals surface area (Å²) in [6.07, 6.45) is 0.634. The number of carbonyl (C=O) groups excluding carboxylic acids is 1. The predicted molar refractivity (Wildman–Crippen MR) is 98.2 cm³/mol. The molecule has 138 valence electrons. The lowest BCUT2D eigenvalue weighted by Crippen LogP contribution is -2.36. The van der Waals surface area contributed by atoms with Crippen LogP contribution >= 0.6 is 0 Å². The molecule has 0 fully saturated rings. The maximum Gasteiger partial charge on any atom is 0.276 e. The highest BCUT2D eigenvalue weighted by Gasteiger charge is 2.25. The maximum atomic E-state index is 12.8. The molecule has 0 aliphatic carbocycles. The van der Waals surface area contributed by atoms with E-state index >= 15 is 0 Å². The third-order valence-electron chi connectivity index (χ3n) is 4.59. The van der Waals surface area contributed by atoms with Gasteiger partial charge in [0.1, 0.15) is 0 Å². The van der Waals surface area contributed by atoms with Gasteiger partial charge in [-0.25, -0.2) is 13.6 Å². The van der Waals surface area contributed by atoms with Crippen LogP contribution in [0.4, 0.5) is 0 Å². The molecule has 2 aromatic carbocycles.